The van der Waals surface area contributed by atoms with Crippen molar-refractivity contribution in [1.29, 1.82) is 0 Å². The van der Waals surface area contributed by atoms with Crippen LogP contribution in [0.5, 0.6) is 17.2 Å². The van der Waals surface area contributed by atoms with Crippen molar-refractivity contribution in [2.75, 3.05) is 12.1 Å². The third-order valence-corrected chi connectivity index (χ3v) is 5.10. The number of hydrogen-bond acceptors (Lipinski definition) is 5. The number of anilines is 1. The van der Waals surface area contributed by atoms with Crippen LogP contribution >= 0.6 is 0 Å². The maximum atomic E-state index is 12.4. The minimum Gasteiger partial charge on any atom is -0.489 e. The van der Waals surface area contributed by atoms with Crippen molar-refractivity contribution in [2.24, 2.45) is 11.8 Å². The minimum absolute atomic E-state index is 0.127. The zero-order valence-corrected chi connectivity index (χ0v) is 15.2. The summed E-state index contributed by atoms with van der Waals surface area (Å²) >= 11 is 0. The minimum atomic E-state index is -0.821. The fourth-order valence-corrected chi connectivity index (χ4v) is 3.56. The summed E-state index contributed by atoms with van der Waals surface area (Å²) in [7, 11) is 0. The van der Waals surface area contributed by atoms with Crippen LogP contribution in [0.15, 0.2) is 42.5 Å². The lowest BCUT2D eigenvalue weighted by molar-refractivity contribution is -0.141. The van der Waals surface area contributed by atoms with E-state index < -0.39 is 11.9 Å². The van der Waals surface area contributed by atoms with E-state index in [1.54, 1.807) is 12.1 Å². The molecule has 7 heteroatoms. The first-order valence-corrected chi connectivity index (χ1v) is 9.23. The first-order valence-electron chi connectivity index (χ1n) is 9.23. The molecule has 2 N–H and O–H groups in total. The molecular formula is C21H21NO6. The number of benzene rings is 2. The summed E-state index contributed by atoms with van der Waals surface area (Å²) in [4.78, 5) is 23.5. The van der Waals surface area contributed by atoms with E-state index in [9.17, 15) is 9.59 Å². The molecule has 7 nitrogen and oxygen atoms in total. The second kappa shape index (κ2) is 7.80. The number of carbonyl (C=O) groups is 2. The van der Waals surface area contributed by atoms with Gasteiger partial charge in [0.15, 0.2) is 11.5 Å². The maximum Gasteiger partial charge on any atom is 0.306 e. The highest BCUT2D eigenvalue weighted by molar-refractivity contribution is 5.93. The number of aliphatic carboxylic acids is 1. The molecule has 1 heterocycles. The van der Waals surface area contributed by atoms with E-state index in [1.165, 1.54) is 0 Å². The Bertz CT molecular complexity index is 896. The lowest BCUT2D eigenvalue weighted by atomic mass is 10.0. The van der Waals surface area contributed by atoms with Crippen LogP contribution in [0.25, 0.3) is 0 Å². The Morgan fingerprint density at radius 3 is 2.71 bits per heavy atom. The standard InChI is InChI=1S/C21H21NO6/c23-20(14-4-5-15(9-14)21(24)25)22-16-3-1-2-13(8-16)11-26-17-6-7-18-19(10-17)28-12-27-18/h1-3,6-8,10,14-15H,4-5,9,11-12H2,(H,22,23)(H,24,25)/t14-,15+/m0/s1. The lowest BCUT2D eigenvalue weighted by Gasteiger charge is -2.12. The molecule has 2 aliphatic rings. The lowest BCUT2D eigenvalue weighted by Crippen LogP contribution is -2.21. The first kappa shape index (κ1) is 18.2. The van der Waals surface area contributed by atoms with Gasteiger partial charge in [-0.1, -0.05) is 12.1 Å². The highest BCUT2D eigenvalue weighted by Gasteiger charge is 2.33. The van der Waals surface area contributed by atoms with E-state index >= 15 is 0 Å². The van der Waals surface area contributed by atoms with Gasteiger partial charge in [0.05, 0.1) is 5.92 Å². The number of carboxylic acids is 1. The van der Waals surface area contributed by atoms with Crippen molar-refractivity contribution < 1.29 is 28.9 Å². The zero-order chi connectivity index (χ0) is 19.5. The molecule has 0 unspecified atom stereocenters. The number of ether oxygens (including phenoxy) is 3. The molecule has 4 rings (SSSR count). The van der Waals surface area contributed by atoms with Crippen LogP contribution in [-0.2, 0) is 16.2 Å². The second-order valence-corrected chi connectivity index (χ2v) is 7.04. The van der Waals surface area contributed by atoms with Gasteiger partial charge in [0.25, 0.3) is 0 Å². The molecule has 0 aromatic heterocycles. The van der Waals surface area contributed by atoms with Crippen molar-refractivity contribution in [2.45, 2.75) is 25.9 Å². The number of rotatable bonds is 6. The van der Waals surface area contributed by atoms with Gasteiger partial charge in [0, 0.05) is 17.7 Å². The molecule has 1 fully saturated rings. The average Bonchev–Trinajstić information content (AvgIpc) is 3.36. The predicted octanol–water partition coefficient (Wildman–Crippen LogP) is 3.43. The number of hydrogen-bond donors (Lipinski definition) is 2. The van der Waals surface area contributed by atoms with Gasteiger partial charge in [0.1, 0.15) is 12.4 Å². The Balaban J connectivity index is 1.34. The highest BCUT2D eigenvalue weighted by Crippen LogP contribution is 2.35. The molecule has 0 saturated heterocycles. The van der Waals surface area contributed by atoms with Crippen LogP contribution in [0.4, 0.5) is 5.69 Å². The monoisotopic (exact) mass is 383 g/mol. The Hall–Kier alpha value is -3.22. The molecule has 2 atom stereocenters. The first-order chi connectivity index (χ1) is 13.6. The molecule has 146 valence electrons. The number of carboxylic acid groups (broad SMARTS) is 1. The summed E-state index contributed by atoms with van der Waals surface area (Å²) < 4.78 is 16.4. The Morgan fingerprint density at radius 2 is 1.89 bits per heavy atom. The third kappa shape index (κ3) is 4.03. The van der Waals surface area contributed by atoms with E-state index in [0.717, 1.165) is 5.56 Å². The summed E-state index contributed by atoms with van der Waals surface area (Å²) in [5.74, 6) is 0.413. The van der Waals surface area contributed by atoms with Gasteiger partial charge >= 0.3 is 5.97 Å². The summed E-state index contributed by atoms with van der Waals surface area (Å²) in [6.45, 7) is 0.558. The topological polar surface area (TPSA) is 94.1 Å². The smallest absolute Gasteiger partial charge is 0.306 e. The van der Waals surface area contributed by atoms with Crippen LogP contribution < -0.4 is 19.5 Å². The number of fused-ring (bicyclic) bond motifs is 1. The molecule has 0 radical (unpaired) electrons. The summed E-state index contributed by atoms with van der Waals surface area (Å²) in [5.41, 5.74) is 1.58. The molecule has 1 aliphatic heterocycles. The largest absolute Gasteiger partial charge is 0.489 e. The number of nitrogens with one attached hydrogen (secondary N) is 1. The van der Waals surface area contributed by atoms with Gasteiger partial charge in [-0.05, 0) is 49.1 Å². The summed E-state index contributed by atoms with van der Waals surface area (Å²) in [6, 6.07) is 12.8. The summed E-state index contributed by atoms with van der Waals surface area (Å²) in [5, 5.41) is 12.0. The Morgan fingerprint density at radius 1 is 1.07 bits per heavy atom. The highest BCUT2D eigenvalue weighted by atomic mass is 16.7. The van der Waals surface area contributed by atoms with E-state index in [4.69, 9.17) is 19.3 Å². The number of carbonyl (C=O) groups excluding carboxylic acids is 1. The zero-order valence-electron chi connectivity index (χ0n) is 15.2. The molecule has 0 spiro atoms. The molecule has 2 aromatic carbocycles. The average molecular weight is 383 g/mol. The van der Waals surface area contributed by atoms with Gasteiger partial charge in [-0.3, -0.25) is 9.59 Å². The third-order valence-electron chi connectivity index (χ3n) is 5.10. The van der Waals surface area contributed by atoms with Gasteiger partial charge in [-0.25, -0.2) is 0 Å². The van der Waals surface area contributed by atoms with Crippen molar-refractivity contribution in [3.63, 3.8) is 0 Å². The molecule has 1 saturated carbocycles. The molecule has 28 heavy (non-hydrogen) atoms. The molecule has 0 bridgehead atoms. The maximum absolute atomic E-state index is 12.4. The van der Waals surface area contributed by atoms with Gasteiger partial charge in [0.2, 0.25) is 12.7 Å². The van der Waals surface area contributed by atoms with Crippen molar-refractivity contribution in [3.05, 3.63) is 48.0 Å². The fraction of sp³-hybridized carbons (Fsp3) is 0.333. The van der Waals surface area contributed by atoms with E-state index in [-0.39, 0.29) is 18.6 Å². The number of amides is 1. The van der Waals surface area contributed by atoms with E-state index in [0.29, 0.717) is 48.8 Å². The molecular weight excluding hydrogens is 362 g/mol. The normalized spacial score (nSPS) is 20.0. The van der Waals surface area contributed by atoms with Crippen LogP contribution in [0.3, 0.4) is 0 Å². The van der Waals surface area contributed by atoms with Crippen LogP contribution in [0.2, 0.25) is 0 Å². The quantitative estimate of drug-likeness (QED) is 0.794. The van der Waals surface area contributed by atoms with Crippen LogP contribution in [-0.4, -0.2) is 23.8 Å². The van der Waals surface area contributed by atoms with Crippen LogP contribution in [0, 0.1) is 11.8 Å². The SMILES string of the molecule is O=C(O)[C@@H]1CC[C@H](C(=O)Nc2cccc(COc3ccc4c(c3)OCO4)c2)C1. The molecule has 1 aliphatic carbocycles. The van der Waals surface area contributed by atoms with E-state index in [1.807, 2.05) is 30.3 Å². The van der Waals surface area contributed by atoms with Crippen LogP contribution in [0.1, 0.15) is 24.8 Å². The molecule has 1 amide bonds. The summed E-state index contributed by atoms with van der Waals surface area (Å²) in [6.07, 6.45) is 1.56. The molecule has 2 aromatic rings. The Labute approximate surface area is 162 Å². The fourth-order valence-electron chi connectivity index (χ4n) is 3.56. The van der Waals surface area contributed by atoms with Gasteiger partial charge < -0.3 is 24.6 Å². The van der Waals surface area contributed by atoms with Gasteiger partial charge in [-0.2, -0.15) is 0 Å². The Kier molecular flexibility index (Phi) is 5.06. The van der Waals surface area contributed by atoms with Crippen molar-refractivity contribution in [1.82, 2.24) is 0 Å². The van der Waals surface area contributed by atoms with Crippen molar-refractivity contribution >= 4 is 17.6 Å². The second-order valence-electron chi connectivity index (χ2n) is 7.04. The predicted molar refractivity (Wildman–Crippen MR) is 100 cm³/mol. The van der Waals surface area contributed by atoms with Gasteiger partial charge in [-0.15, -0.1) is 0 Å². The van der Waals surface area contributed by atoms with E-state index in [2.05, 4.69) is 5.32 Å². The van der Waals surface area contributed by atoms with Crippen molar-refractivity contribution in [3.8, 4) is 17.2 Å².